The second-order valence-electron chi connectivity index (χ2n) is 6.27. The highest BCUT2D eigenvalue weighted by molar-refractivity contribution is 4.61. The van der Waals surface area contributed by atoms with Gasteiger partial charge in [0.15, 0.2) is 0 Å². The van der Waals surface area contributed by atoms with Gasteiger partial charge in [0.1, 0.15) is 0 Å². The first kappa shape index (κ1) is 16.9. The minimum Gasteiger partial charge on any atom is -0.381 e. The first-order chi connectivity index (χ1) is 7.95. The molecule has 0 fully saturated rings. The lowest BCUT2D eigenvalue weighted by Crippen LogP contribution is -2.26. The number of rotatable bonds is 10. The molecule has 0 heterocycles. The van der Waals surface area contributed by atoms with Gasteiger partial charge in [-0.05, 0) is 51.0 Å². The molecule has 0 aromatic rings. The number of hydrogen-bond donors (Lipinski definition) is 1. The van der Waals surface area contributed by atoms with E-state index in [9.17, 15) is 0 Å². The van der Waals surface area contributed by atoms with Gasteiger partial charge < -0.3 is 10.1 Å². The molecule has 104 valence electrons. The van der Waals surface area contributed by atoms with E-state index < -0.39 is 0 Å². The molecule has 0 aromatic carbocycles. The smallest absolute Gasteiger partial charge is 0.0471 e. The Kier molecular flexibility index (Phi) is 9.85. The average molecular weight is 243 g/mol. The predicted octanol–water partition coefficient (Wildman–Crippen LogP) is 4.00. The van der Waals surface area contributed by atoms with Crippen molar-refractivity contribution in [3.63, 3.8) is 0 Å². The molecule has 1 atom stereocenters. The lowest BCUT2D eigenvalue weighted by atomic mass is 9.93. The monoisotopic (exact) mass is 243 g/mol. The summed E-state index contributed by atoms with van der Waals surface area (Å²) in [5.41, 5.74) is 0.401. The molecule has 1 unspecified atom stereocenters. The van der Waals surface area contributed by atoms with Crippen LogP contribution in [0.2, 0.25) is 0 Å². The Labute approximate surface area is 109 Å². The summed E-state index contributed by atoms with van der Waals surface area (Å²) < 4.78 is 5.65. The van der Waals surface area contributed by atoms with E-state index in [4.69, 9.17) is 4.74 Å². The quantitative estimate of drug-likeness (QED) is 0.586. The number of nitrogens with one attached hydrogen (secondary N) is 1. The van der Waals surface area contributed by atoms with Crippen LogP contribution in [0, 0.1) is 5.41 Å². The van der Waals surface area contributed by atoms with Crippen molar-refractivity contribution in [1.29, 1.82) is 0 Å². The van der Waals surface area contributed by atoms with Crippen LogP contribution < -0.4 is 5.32 Å². The zero-order valence-electron chi connectivity index (χ0n) is 12.6. The van der Waals surface area contributed by atoms with E-state index in [1.165, 1.54) is 25.7 Å². The van der Waals surface area contributed by atoms with Gasteiger partial charge in [0.2, 0.25) is 0 Å². The van der Waals surface area contributed by atoms with Crippen molar-refractivity contribution in [3.05, 3.63) is 0 Å². The maximum atomic E-state index is 5.65. The molecule has 0 rings (SSSR count). The van der Waals surface area contributed by atoms with Crippen molar-refractivity contribution in [2.75, 3.05) is 19.8 Å². The summed E-state index contributed by atoms with van der Waals surface area (Å²) in [5.74, 6) is 0. The second-order valence-corrected chi connectivity index (χ2v) is 6.27. The average Bonchev–Trinajstić information content (AvgIpc) is 2.23. The Balaban J connectivity index is 3.18. The Morgan fingerprint density at radius 1 is 1.12 bits per heavy atom. The molecule has 2 nitrogen and oxygen atoms in total. The summed E-state index contributed by atoms with van der Waals surface area (Å²) in [6, 6.07) is 0.657. The Morgan fingerprint density at radius 3 is 2.41 bits per heavy atom. The van der Waals surface area contributed by atoms with Gasteiger partial charge >= 0.3 is 0 Å². The third kappa shape index (κ3) is 13.9. The summed E-state index contributed by atoms with van der Waals surface area (Å²) >= 11 is 0. The third-order valence-electron chi connectivity index (χ3n) is 2.92. The van der Waals surface area contributed by atoms with Gasteiger partial charge in [-0.15, -0.1) is 0 Å². The van der Waals surface area contributed by atoms with Crippen LogP contribution in [-0.2, 0) is 4.74 Å². The number of ether oxygens (including phenoxy) is 1. The summed E-state index contributed by atoms with van der Waals surface area (Å²) in [5, 5.41) is 3.51. The fourth-order valence-electron chi connectivity index (χ4n) is 1.63. The van der Waals surface area contributed by atoms with Crippen molar-refractivity contribution < 1.29 is 4.74 Å². The van der Waals surface area contributed by atoms with Gasteiger partial charge in [0.25, 0.3) is 0 Å². The van der Waals surface area contributed by atoms with E-state index in [0.29, 0.717) is 11.5 Å². The van der Waals surface area contributed by atoms with E-state index in [0.717, 1.165) is 26.2 Å². The molecule has 2 heteroatoms. The SMILES string of the molecule is CCCNC(C)CCCCOCCC(C)(C)C. The zero-order chi connectivity index (χ0) is 13.1. The highest BCUT2D eigenvalue weighted by atomic mass is 16.5. The summed E-state index contributed by atoms with van der Waals surface area (Å²) in [6.07, 6.45) is 6.11. The van der Waals surface area contributed by atoms with Crippen molar-refractivity contribution in [1.82, 2.24) is 5.32 Å². The van der Waals surface area contributed by atoms with E-state index in [2.05, 4.69) is 39.9 Å². The fourth-order valence-corrected chi connectivity index (χ4v) is 1.63. The topological polar surface area (TPSA) is 21.3 Å². The van der Waals surface area contributed by atoms with Crippen LogP contribution in [0.3, 0.4) is 0 Å². The molecule has 0 spiro atoms. The molecular formula is C15H33NO. The normalized spacial score (nSPS) is 13.9. The molecule has 0 saturated carbocycles. The van der Waals surface area contributed by atoms with Crippen LogP contribution in [0.1, 0.15) is 66.7 Å². The van der Waals surface area contributed by atoms with Crippen LogP contribution in [0.5, 0.6) is 0 Å². The minimum atomic E-state index is 0.401. The van der Waals surface area contributed by atoms with Gasteiger partial charge in [0.05, 0.1) is 0 Å². The summed E-state index contributed by atoms with van der Waals surface area (Å²) in [4.78, 5) is 0. The summed E-state index contributed by atoms with van der Waals surface area (Å²) in [6.45, 7) is 14.2. The molecule has 0 aliphatic rings. The predicted molar refractivity (Wildman–Crippen MR) is 76.5 cm³/mol. The molecule has 17 heavy (non-hydrogen) atoms. The largest absolute Gasteiger partial charge is 0.381 e. The lowest BCUT2D eigenvalue weighted by Gasteiger charge is -2.17. The molecule has 0 radical (unpaired) electrons. The van der Waals surface area contributed by atoms with Crippen molar-refractivity contribution >= 4 is 0 Å². The first-order valence-electron chi connectivity index (χ1n) is 7.27. The zero-order valence-corrected chi connectivity index (χ0v) is 12.6. The molecule has 0 aliphatic heterocycles. The van der Waals surface area contributed by atoms with Crippen molar-refractivity contribution in [2.24, 2.45) is 5.41 Å². The van der Waals surface area contributed by atoms with Crippen LogP contribution in [0.4, 0.5) is 0 Å². The molecule has 0 aromatic heterocycles. The fraction of sp³-hybridized carbons (Fsp3) is 1.00. The Bertz CT molecular complexity index is 163. The molecule has 0 saturated heterocycles. The van der Waals surface area contributed by atoms with Crippen LogP contribution >= 0.6 is 0 Å². The van der Waals surface area contributed by atoms with Gasteiger partial charge in [-0.1, -0.05) is 27.7 Å². The molecular weight excluding hydrogens is 210 g/mol. The Hall–Kier alpha value is -0.0800. The van der Waals surface area contributed by atoms with Crippen LogP contribution in [0.25, 0.3) is 0 Å². The van der Waals surface area contributed by atoms with E-state index in [1.54, 1.807) is 0 Å². The maximum Gasteiger partial charge on any atom is 0.0471 e. The van der Waals surface area contributed by atoms with E-state index in [-0.39, 0.29) is 0 Å². The van der Waals surface area contributed by atoms with Gasteiger partial charge in [-0.3, -0.25) is 0 Å². The number of hydrogen-bond acceptors (Lipinski definition) is 2. The first-order valence-corrected chi connectivity index (χ1v) is 7.27. The standard InChI is InChI=1S/C15H33NO/c1-6-11-16-14(2)9-7-8-12-17-13-10-15(3,4)5/h14,16H,6-13H2,1-5H3. The highest BCUT2D eigenvalue weighted by Gasteiger charge is 2.08. The van der Waals surface area contributed by atoms with E-state index >= 15 is 0 Å². The van der Waals surface area contributed by atoms with Gasteiger partial charge in [-0.2, -0.15) is 0 Å². The third-order valence-corrected chi connectivity index (χ3v) is 2.92. The van der Waals surface area contributed by atoms with Gasteiger partial charge in [-0.25, -0.2) is 0 Å². The second kappa shape index (κ2) is 9.90. The molecule has 0 aliphatic carbocycles. The lowest BCUT2D eigenvalue weighted by molar-refractivity contribution is 0.104. The molecule has 0 bridgehead atoms. The summed E-state index contributed by atoms with van der Waals surface area (Å²) in [7, 11) is 0. The van der Waals surface area contributed by atoms with E-state index in [1.807, 2.05) is 0 Å². The maximum absolute atomic E-state index is 5.65. The minimum absolute atomic E-state index is 0.401. The van der Waals surface area contributed by atoms with Crippen LogP contribution in [0.15, 0.2) is 0 Å². The highest BCUT2D eigenvalue weighted by Crippen LogP contribution is 2.17. The van der Waals surface area contributed by atoms with Crippen LogP contribution in [-0.4, -0.2) is 25.8 Å². The van der Waals surface area contributed by atoms with Gasteiger partial charge in [0, 0.05) is 19.3 Å². The van der Waals surface area contributed by atoms with Crippen molar-refractivity contribution in [2.45, 2.75) is 72.8 Å². The Morgan fingerprint density at radius 2 is 1.82 bits per heavy atom. The molecule has 1 N–H and O–H groups in total. The number of unbranched alkanes of at least 4 members (excludes halogenated alkanes) is 1. The van der Waals surface area contributed by atoms with Crippen molar-refractivity contribution in [3.8, 4) is 0 Å². The molecule has 0 amide bonds.